The van der Waals surface area contributed by atoms with E-state index in [1.54, 1.807) is 37.1 Å². The fourth-order valence-electron chi connectivity index (χ4n) is 4.32. The molecule has 0 saturated carbocycles. The van der Waals surface area contributed by atoms with Gasteiger partial charge in [-0.2, -0.15) is 0 Å². The van der Waals surface area contributed by atoms with E-state index in [0.29, 0.717) is 52.9 Å². The molecule has 0 bridgehead atoms. The lowest BCUT2D eigenvalue weighted by atomic mass is 9.86. The number of hydrogen-bond acceptors (Lipinski definition) is 10. The summed E-state index contributed by atoms with van der Waals surface area (Å²) in [5.41, 5.74) is 1.33. The van der Waals surface area contributed by atoms with E-state index in [1.807, 2.05) is 13.0 Å². The molecule has 0 aliphatic heterocycles. The van der Waals surface area contributed by atoms with Crippen LogP contribution in [0.1, 0.15) is 56.1 Å². The summed E-state index contributed by atoms with van der Waals surface area (Å²) in [5, 5.41) is 0. The van der Waals surface area contributed by atoms with Crippen LogP contribution in [0.4, 0.5) is 0 Å². The van der Waals surface area contributed by atoms with Crippen molar-refractivity contribution in [3.63, 3.8) is 0 Å². The van der Waals surface area contributed by atoms with Gasteiger partial charge in [0.15, 0.2) is 23.0 Å². The largest absolute Gasteiger partial charge is 0.493 e. The molecule has 2 aromatic carbocycles. The van der Waals surface area contributed by atoms with Gasteiger partial charge in [0.1, 0.15) is 0 Å². The molecule has 2 aromatic rings. The fraction of sp³-hybridized carbons (Fsp3) is 0.517. The zero-order chi connectivity index (χ0) is 28.9. The smallest absolute Gasteiger partial charge is 0.313 e. The molecule has 0 heterocycles. The van der Waals surface area contributed by atoms with Crippen molar-refractivity contribution in [2.45, 2.75) is 49.8 Å². The highest BCUT2D eigenvalue weighted by Crippen LogP contribution is 2.44. The molecule has 39 heavy (non-hydrogen) atoms. The Morgan fingerprint density at radius 1 is 0.692 bits per heavy atom. The predicted molar refractivity (Wildman–Crippen MR) is 150 cm³/mol. The SMILES string of the molecule is CCCSc1cc(C(CCC(C(=O)OC)c2cc(OC)c(OC)c(OC)c2)C(=O)OC)cc(OC)c1OCC. The van der Waals surface area contributed by atoms with Crippen LogP contribution in [0.25, 0.3) is 0 Å². The summed E-state index contributed by atoms with van der Waals surface area (Å²) >= 11 is 1.64. The van der Waals surface area contributed by atoms with Gasteiger partial charge in [-0.3, -0.25) is 9.59 Å². The number of thioether (sulfide) groups is 1. The molecule has 10 heteroatoms. The van der Waals surface area contributed by atoms with E-state index >= 15 is 0 Å². The molecule has 9 nitrogen and oxygen atoms in total. The van der Waals surface area contributed by atoms with Gasteiger partial charge < -0.3 is 33.2 Å². The van der Waals surface area contributed by atoms with Crippen LogP contribution in [0.2, 0.25) is 0 Å². The van der Waals surface area contributed by atoms with Gasteiger partial charge in [0.2, 0.25) is 5.75 Å². The Kier molecular flexibility index (Phi) is 13.1. The molecule has 0 amide bonds. The highest BCUT2D eigenvalue weighted by molar-refractivity contribution is 7.99. The zero-order valence-electron chi connectivity index (χ0n) is 24.1. The van der Waals surface area contributed by atoms with Gasteiger partial charge in [-0.1, -0.05) is 6.92 Å². The van der Waals surface area contributed by atoms with E-state index in [1.165, 1.54) is 35.5 Å². The molecule has 2 unspecified atom stereocenters. The van der Waals surface area contributed by atoms with E-state index in [4.69, 9.17) is 33.2 Å². The van der Waals surface area contributed by atoms with Gasteiger partial charge in [-0.05, 0) is 67.3 Å². The van der Waals surface area contributed by atoms with Crippen LogP contribution in [-0.2, 0) is 19.1 Å². The molecule has 2 rings (SSSR count). The van der Waals surface area contributed by atoms with Gasteiger partial charge in [-0.15, -0.1) is 11.8 Å². The van der Waals surface area contributed by atoms with Gasteiger partial charge >= 0.3 is 11.9 Å². The highest BCUT2D eigenvalue weighted by Gasteiger charge is 2.30. The third-order valence-corrected chi connectivity index (χ3v) is 7.45. The topological polar surface area (TPSA) is 98.8 Å². The number of rotatable bonds is 16. The standard InChI is InChI=1S/C29H40O9S/c1-9-13-39-25-17-19(16-24(34-5)27(25)38-10-2)21(29(31)37-8)12-11-20(28(30)36-7)18-14-22(32-3)26(35-6)23(15-18)33-4/h14-17,20-21H,9-13H2,1-8H3. The summed E-state index contributed by atoms with van der Waals surface area (Å²) in [6.45, 7) is 4.49. The number of carbonyl (C=O) groups is 2. The summed E-state index contributed by atoms with van der Waals surface area (Å²) in [6.07, 6.45) is 1.56. The van der Waals surface area contributed by atoms with Crippen LogP contribution >= 0.6 is 11.8 Å². The Hall–Kier alpha value is -3.27. The second-order valence-electron chi connectivity index (χ2n) is 8.52. The Bertz CT molecular complexity index is 1080. The highest BCUT2D eigenvalue weighted by atomic mass is 32.2. The fourth-order valence-corrected chi connectivity index (χ4v) is 5.25. The van der Waals surface area contributed by atoms with Crippen LogP contribution < -0.4 is 23.7 Å². The molecule has 0 radical (unpaired) electrons. The summed E-state index contributed by atoms with van der Waals surface area (Å²) < 4.78 is 38.2. The van der Waals surface area contributed by atoms with Crippen molar-refractivity contribution in [3.8, 4) is 28.7 Å². The maximum absolute atomic E-state index is 13.0. The van der Waals surface area contributed by atoms with E-state index in [2.05, 4.69) is 6.92 Å². The number of methoxy groups -OCH3 is 6. The minimum Gasteiger partial charge on any atom is -0.493 e. The first kappa shape index (κ1) is 31.9. The van der Waals surface area contributed by atoms with Crippen molar-refractivity contribution >= 4 is 23.7 Å². The molecule has 0 fully saturated rings. The monoisotopic (exact) mass is 564 g/mol. The molecule has 0 aromatic heterocycles. The quantitative estimate of drug-likeness (QED) is 0.189. The molecule has 2 atom stereocenters. The Balaban J connectivity index is 2.54. The van der Waals surface area contributed by atoms with Crippen molar-refractivity contribution in [1.29, 1.82) is 0 Å². The van der Waals surface area contributed by atoms with Crippen LogP contribution in [-0.4, -0.2) is 67.0 Å². The molecule has 0 aliphatic rings. The molecule has 0 spiro atoms. The predicted octanol–water partition coefficient (Wildman–Crippen LogP) is 5.62. The number of carbonyl (C=O) groups excluding carboxylic acids is 2. The maximum atomic E-state index is 13.0. The van der Waals surface area contributed by atoms with Crippen LogP contribution in [0.15, 0.2) is 29.2 Å². The average molecular weight is 565 g/mol. The second kappa shape index (κ2) is 16.0. The van der Waals surface area contributed by atoms with Gasteiger partial charge in [0.25, 0.3) is 0 Å². The van der Waals surface area contributed by atoms with Gasteiger partial charge in [0, 0.05) is 0 Å². The van der Waals surface area contributed by atoms with E-state index < -0.39 is 23.8 Å². The normalized spacial score (nSPS) is 12.2. The van der Waals surface area contributed by atoms with Gasteiger partial charge in [0.05, 0.1) is 66.0 Å². The Labute approximate surface area is 235 Å². The lowest BCUT2D eigenvalue weighted by molar-refractivity contribution is -0.145. The first-order valence-electron chi connectivity index (χ1n) is 12.8. The van der Waals surface area contributed by atoms with E-state index in [9.17, 15) is 9.59 Å². The third kappa shape index (κ3) is 7.88. The minimum absolute atomic E-state index is 0.290. The van der Waals surface area contributed by atoms with Crippen LogP contribution in [0.5, 0.6) is 28.7 Å². The Morgan fingerprint density at radius 3 is 1.54 bits per heavy atom. The van der Waals surface area contributed by atoms with E-state index in [0.717, 1.165) is 17.1 Å². The lowest BCUT2D eigenvalue weighted by Gasteiger charge is -2.23. The summed E-state index contributed by atoms with van der Waals surface area (Å²) in [6, 6.07) is 7.18. The lowest BCUT2D eigenvalue weighted by Crippen LogP contribution is -2.20. The van der Waals surface area contributed by atoms with E-state index in [-0.39, 0.29) is 6.42 Å². The van der Waals surface area contributed by atoms with Crippen molar-refractivity contribution in [3.05, 3.63) is 35.4 Å². The molecular weight excluding hydrogens is 524 g/mol. The average Bonchev–Trinajstić information content (AvgIpc) is 2.97. The van der Waals surface area contributed by atoms with Crippen LogP contribution in [0, 0.1) is 0 Å². The number of hydrogen-bond donors (Lipinski definition) is 0. The number of benzene rings is 2. The molecule has 216 valence electrons. The summed E-state index contributed by atoms with van der Waals surface area (Å²) in [7, 11) is 8.78. The molecule has 0 saturated heterocycles. The number of ether oxygens (including phenoxy) is 7. The summed E-state index contributed by atoms with van der Waals surface area (Å²) in [5.74, 6) is 1.09. The number of esters is 2. The molecule has 0 aliphatic carbocycles. The first-order chi connectivity index (χ1) is 18.8. The summed E-state index contributed by atoms with van der Waals surface area (Å²) in [4.78, 5) is 26.9. The van der Waals surface area contributed by atoms with Crippen molar-refractivity contribution in [1.82, 2.24) is 0 Å². The van der Waals surface area contributed by atoms with Gasteiger partial charge in [-0.25, -0.2) is 0 Å². The Morgan fingerprint density at radius 2 is 1.15 bits per heavy atom. The van der Waals surface area contributed by atoms with Crippen molar-refractivity contribution in [2.24, 2.45) is 0 Å². The minimum atomic E-state index is -0.700. The second-order valence-corrected chi connectivity index (χ2v) is 9.66. The maximum Gasteiger partial charge on any atom is 0.313 e. The molecular formula is C29H40O9S. The van der Waals surface area contributed by atoms with Crippen LogP contribution in [0.3, 0.4) is 0 Å². The zero-order valence-corrected chi connectivity index (χ0v) is 24.9. The van der Waals surface area contributed by atoms with Crippen molar-refractivity contribution < 1.29 is 42.7 Å². The first-order valence-corrected chi connectivity index (χ1v) is 13.7. The third-order valence-electron chi connectivity index (χ3n) is 6.22. The van der Waals surface area contributed by atoms with Crippen molar-refractivity contribution in [2.75, 3.05) is 55.0 Å². The molecule has 0 N–H and O–H groups in total.